The number of carbonyl (C=O) groups excluding carboxylic acids is 1. The molecule has 5 nitrogen and oxygen atoms in total. The van der Waals surface area contributed by atoms with Crippen LogP contribution in [-0.4, -0.2) is 34.9 Å². The maximum absolute atomic E-state index is 12.3. The number of hydrogen-bond donors (Lipinski definition) is 1. The standard InChI is InChI=1S/C13H21N3O2/c1-4-18-12(17)13(14-3,11-5-6-11)9-16-8-10(2)7-15-16/h7-8,11,14H,4-6,9H2,1-3H3. The molecular weight excluding hydrogens is 230 g/mol. The number of hydrogen-bond acceptors (Lipinski definition) is 4. The number of aryl methyl sites for hydroxylation is 1. The molecular formula is C13H21N3O2. The molecule has 1 heterocycles. The van der Waals surface area contributed by atoms with Crippen molar-refractivity contribution in [1.29, 1.82) is 0 Å². The van der Waals surface area contributed by atoms with E-state index < -0.39 is 5.54 Å². The molecule has 0 saturated heterocycles. The average molecular weight is 251 g/mol. The maximum Gasteiger partial charge on any atom is 0.328 e. The van der Waals surface area contributed by atoms with Crippen LogP contribution >= 0.6 is 0 Å². The van der Waals surface area contributed by atoms with Crippen molar-refractivity contribution in [3.63, 3.8) is 0 Å². The Balaban J connectivity index is 2.21. The fraction of sp³-hybridized carbons (Fsp3) is 0.692. The van der Waals surface area contributed by atoms with Gasteiger partial charge >= 0.3 is 5.97 Å². The molecule has 1 unspecified atom stereocenters. The number of nitrogens with zero attached hydrogens (tertiary/aromatic N) is 2. The minimum atomic E-state index is -0.630. The van der Waals surface area contributed by atoms with Crippen LogP contribution < -0.4 is 5.32 Å². The number of esters is 1. The first-order valence-corrected chi connectivity index (χ1v) is 6.47. The molecule has 0 radical (unpaired) electrons. The van der Waals surface area contributed by atoms with Crippen LogP contribution in [0.3, 0.4) is 0 Å². The molecule has 0 aliphatic heterocycles. The van der Waals surface area contributed by atoms with E-state index in [2.05, 4.69) is 10.4 Å². The summed E-state index contributed by atoms with van der Waals surface area (Å²) >= 11 is 0. The fourth-order valence-corrected chi connectivity index (χ4v) is 2.39. The van der Waals surface area contributed by atoms with Gasteiger partial charge in [0.2, 0.25) is 0 Å². The second-order valence-corrected chi connectivity index (χ2v) is 4.93. The van der Waals surface area contributed by atoms with Gasteiger partial charge < -0.3 is 10.1 Å². The second-order valence-electron chi connectivity index (χ2n) is 4.93. The van der Waals surface area contributed by atoms with Gasteiger partial charge in [-0.05, 0) is 45.2 Å². The van der Waals surface area contributed by atoms with Crippen molar-refractivity contribution in [1.82, 2.24) is 15.1 Å². The van der Waals surface area contributed by atoms with Crippen LogP contribution in [0.15, 0.2) is 12.4 Å². The normalized spacial score (nSPS) is 18.4. The first-order valence-electron chi connectivity index (χ1n) is 6.47. The van der Waals surface area contributed by atoms with Crippen LogP contribution in [0.25, 0.3) is 0 Å². The summed E-state index contributed by atoms with van der Waals surface area (Å²) in [6.45, 7) is 4.77. The Kier molecular flexibility index (Phi) is 3.71. The predicted molar refractivity (Wildman–Crippen MR) is 68.1 cm³/mol. The molecule has 5 heteroatoms. The third kappa shape index (κ3) is 2.41. The van der Waals surface area contributed by atoms with Crippen LogP contribution in [0.4, 0.5) is 0 Å². The highest BCUT2D eigenvalue weighted by molar-refractivity contribution is 5.81. The van der Waals surface area contributed by atoms with Gasteiger partial charge in [-0.3, -0.25) is 4.68 Å². The van der Waals surface area contributed by atoms with Crippen LogP contribution in [0.2, 0.25) is 0 Å². The third-order valence-electron chi connectivity index (χ3n) is 3.53. The number of carbonyl (C=O) groups is 1. The van der Waals surface area contributed by atoms with E-state index in [-0.39, 0.29) is 5.97 Å². The van der Waals surface area contributed by atoms with Gasteiger partial charge in [0.1, 0.15) is 5.54 Å². The second kappa shape index (κ2) is 5.10. The minimum absolute atomic E-state index is 0.164. The van der Waals surface area contributed by atoms with Crippen LogP contribution in [-0.2, 0) is 16.1 Å². The summed E-state index contributed by atoms with van der Waals surface area (Å²) in [6.07, 6.45) is 5.89. The molecule has 0 bridgehead atoms. The van der Waals surface area contributed by atoms with Crippen LogP contribution in [0, 0.1) is 12.8 Å². The molecule has 1 N–H and O–H groups in total. The highest BCUT2D eigenvalue weighted by Crippen LogP contribution is 2.41. The highest BCUT2D eigenvalue weighted by atomic mass is 16.5. The molecule has 1 fully saturated rings. The van der Waals surface area contributed by atoms with Crippen LogP contribution in [0.5, 0.6) is 0 Å². The lowest BCUT2D eigenvalue weighted by Gasteiger charge is -2.31. The van der Waals surface area contributed by atoms with Gasteiger partial charge in [0, 0.05) is 6.20 Å². The SMILES string of the molecule is CCOC(=O)C(Cn1cc(C)cn1)(NC)C1CC1. The molecule has 1 atom stereocenters. The average Bonchev–Trinajstić information content (AvgIpc) is 3.11. The van der Waals surface area contributed by atoms with Crippen molar-refractivity contribution < 1.29 is 9.53 Å². The zero-order chi connectivity index (χ0) is 13.2. The number of likely N-dealkylation sites (N-methyl/N-ethyl adjacent to an activating group) is 1. The molecule has 18 heavy (non-hydrogen) atoms. The zero-order valence-corrected chi connectivity index (χ0v) is 11.3. The van der Waals surface area contributed by atoms with Crippen molar-refractivity contribution in [3.05, 3.63) is 18.0 Å². The predicted octanol–water partition coefficient (Wildman–Crippen LogP) is 1.12. The minimum Gasteiger partial charge on any atom is -0.465 e. The lowest BCUT2D eigenvalue weighted by molar-refractivity contribution is -0.153. The topological polar surface area (TPSA) is 56.2 Å². The van der Waals surface area contributed by atoms with Crippen molar-refractivity contribution in [2.75, 3.05) is 13.7 Å². The van der Waals surface area contributed by atoms with E-state index in [0.29, 0.717) is 19.1 Å². The molecule has 1 saturated carbocycles. The summed E-state index contributed by atoms with van der Waals surface area (Å²) in [6, 6.07) is 0. The number of rotatable bonds is 6. The summed E-state index contributed by atoms with van der Waals surface area (Å²) in [7, 11) is 1.82. The quantitative estimate of drug-likeness (QED) is 0.770. The lowest BCUT2D eigenvalue weighted by Crippen LogP contribution is -2.56. The number of nitrogens with one attached hydrogen (secondary N) is 1. The van der Waals surface area contributed by atoms with Crippen molar-refractivity contribution in [2.24, 2.45) is 5.92 Å². The smallest absolute Gasteiger partial charge is 0.328 e. The van der Waals surface area contributed by atoms with E-state index in [1.54, 1.807) is 6.20 Å². The van der Waals surface area contributed by atoms with Gasteiger partial charge in [-0.1, -0.05) is 0 Å². The lowest BCUT2D eigenvalue weighted by atomic mass is 9.93. The summed E-state index contributed by atoms with van der Waals surface area (Å²) in [4.78, 5) is 12.3. The number of aromatic nitrogens is 2. The first kappa shape index (κ1) is 13.1. The van der Waals surface area contributed by atoms with E-state index in [9.17, 15) is 4.79 Å². The van der Waals surface area contributed by atoms with Crippen LogP contribution in [0.1, 0.15) is 25.3 Å². The van der Waals surface area contributed by atoms with Crippen molar-refractivity contribution in [3.8, 4) is 0 Å². The molecule has 1 aliphatic carbocycles. The van der Waals surface area contributed by atoms with Crippen molar-refractivity contribution in [2.45, 2.75) is 38.8 Å². The van der Waals surface area contributed by atoms with E-state index in [1.807, 2.05) is 31.8 Å². The van der Waals surface area contributed by atoms with Gasteiger partial charge in [-0.25, -0.2) is 4.79 Å². The molecule has 100 valence electrons. The van der Waals surface area contributed by atoms with Gasteiger partial charge in [-0.2, -0.15) is 5.10 Å². The Morgan fingerprint density at radius 1 is 1.67 bits per heavy atom. The van der Waals surface area contributed by atoms with Crippen molar-refractivity contribution >= 4 is 5.97 Å². The summed E-state index contributed by atoms with van der Waals surface area (Å²) in [5, 5.41) is 7.45. The van der Waals surface area contributed by atoms with Gasteiger partial charge in [-0.15, -0.1) is 0 Å². The molecule has 1 aliphatic rings. The summed E-state index contributed by atoms with van der Waals surface area (Å²) in [5.41, 5.74) is 0.466. The highest BCUT2D eigenvalue weighted by Gasteiger charge is 2.51. The zero-order valence-electron chi connectivity index (χ0n) is 11.3. The van der Waals surface area contributed by atoms with E-state index in [4.69, 9.17) is 4.74 Å². The molecule has 0 amide bonds. The Hall–Kier alpha value is -1.36. The summed E-state index contributed by atoms with van der Waals surface area (Å²) < 4.78 is 7.06. The Bertz CT molecular complexity index is 426. The maximum atomic E-state index is 12.3. The van der Waals surface area contributed by atoms with E-state index >= 15 is 0 Å². The molecule has 1 aromatic rings. The molecule has 2 rings (SSSR count). The van der Waals surface area contributed by atoms with Gasteiger partial charge in [0.15, 0.2) is 0 Å². The third-order valence-corrected chi connectivity index (χ3v) is 3.53. The van der Waals surface area contributed by atoms with E-state index in [0.717, 1.165) is 18.4 Å². The Labute approximate surface area is 108 Å². The van der Waals surface area contributed by atoms with Gasteiger partial charge in [0.05, 0.1) is 19.3 Å². The number of ether oxygens (including phenoxy) is 1. The van der Waals surface area contributed by atoms with Gasteiger partial charge in [0.25, 0.3) is 0 Å². The summed E-state index contributed by atoms with van der Waals surface area (Å²) in [5.74, 6) is 0.189. The Morgan fingerprint density at radius 3 is 2.83 bits per heavy atom. The fourth-order valence-electron chi connectivity index (χ4n) is 2.39. The Morgan fingerprint density at radius 2 is 2.39 bits per heavy atom. The monoisotopic (exact) mass is 251 g/mol. The molecule has 0 spiro atoms. The molecule has 0 aromatic carbocycles. The molecule has 1 aromatic heterocycles. The first-order chi connectivity index (χ1) is 8.62. The van der Waals surface area contributed by atoms with E-state index in [1.165, 1.54) is 0 Å². The largest absolute Gasteiger partial charge is 0.465 e.